The molecule has 1 aromatic rings. The van der Waals surface area contributed by atoms with Crippen molar-refractivity contribution in [3.8, 4) is 0 Å². The molecule has 17 heavy (non-hydrogen) atoms. The maximum atomic E-state index is 12.7. The summed E-state index contributed by atoms with van der Waals surface area (Å²) < 4.78 is 12.7. The standard InChI is InChI=1S/C14H20FNO/c1-14(2,3)9-12(16)8-13(17)10-4-6-11(15)7-5-10/h4-7,12H,8-9,16H2,1-3H3. The van der Waals surface area contributed by atoms with Crippen LogP contribution in [0.15, 0.2) is 24.3 Å². The summed E-state index contributed by atoms with van der Waals surface area (Å²) in [5.74, 6) is -0.359. The summed E-state index contributed by atoms with van der Waals surface area (Å²) in [6.07, 6.45) is 1.10. The van der Waals surface area contributed by atoms with E-state index in [1.807, 2.05) is 0 Å². The van der Waals surface area contributed by atoms with Crippen LogP contribution in [0.3, 0.4) is 0 Å². The molecule has 0 saturated heterocycles. The first-order chi connectivity index (χ1) is 7.78. The minimum atomic E-state index is -0.333. The molecule has 0 heterocycles. The molecule has 0 aliphatic heterocycles. The zero-order valence-electron chi connectivity index (χ0n) is 10.7. The van der Waals surface area contributed by atoms with Crippen LogP contribution < -0.4 is 5.73 Å². The Balaban J connectivity index is 2.57. The largest absolute Gasteiger partial charge is 0.327 e. The highest BCUT2D eigenvalue weighted by atomic mass is 19.1. The predicted molar refractivity (Wildman–Crippen MR) is 67.4 cm³/mol. The molecule has 0 aromatic heterocycles. The number of benzene rings is 1. The molecule has 1 unspecified atom stereocenters. The molecular formula is C14H20FNO. The third kappa shape index (κ3) is 5.09. The second kappa shape index (κ2) is 5.41. The van der Waals surface area contributed by atoms with Crippen molar-refractivity contribution in [2.45, 2.75) is 39.7 Å². The second-order valence-electron chi connectivity index (χ2n) is 5.66. The van der Waals surface area contributed by atoms with Crippen LogP contribution in [0.2, 0.25) is 0 Å². The van der Waals surface area contributed by atoms with Crippen molar-refractivity contribution in [2.24, 2.45) is 11.1 Å². The highest BCUT2D eigenvalue weighted by Crippen LogP contribution is 2.21. The fraction of sp³-hybridized carbons (Fsp3) is 0.500. The number of carbonyl (C=O) groups is 1. The number of ketones is 1. The predicted octanol–water partition coefficient (Wildman–Crippen LogP) is 3.16. The number of carbonyl (C=O) groups excluding carboxylic acids is 1. The minimum absolute atomic E-state index is 0.0262. The normalized spacial score (nSPS) is 13.5. The van der Waals surface area contributed by atoms with Crippen LogP contribution in [0.4, 0.5) is 4.39 Å². The van der Waals surface area contributed by atoms with Gasteiger partial charge in [-0.25, -0.2) is 4.39 Å². The van der Waals surface area contributed by atoms with E-state index in [0.29, 0.717) is 12.0 Å². The van der Waals surface area contributed by atoms with E-state index < -0.39 is 0 Å². The van der Waals surface area contributed by atoms with Gasteiger partial charge in [0, 0.05) is 18.0 Å². The first-order valence-electron chi connectivity index (χ1n) is 5.82. The monoisotopic (exact) mass is 237 g/mol. The van der Waals surface area contributed by atoms with Gasteiger partial charge >= 0.3 is 0 Å². The molecule has 2 N–H and O–H groups in total. The lowest BCUT2D eigenvalue weighted by Gasteiger charge is -2.22. The van der Waals surface area contributed by atoms with Crippen molar-refractivity contribution < 1.29 is 9.18 Å². The Labute approximate surface area is 102 Å². The van der Waals surface area contributed by atoms with Crippen molar-refractivity contribution >= 4 is 5.78 Å². The van der Waals surface area contributed by atoms with Gasteiger partial charge in [-0.1, -0.05) is 20.8 Å². The van der Waals surface area contributed by atoms with Gasteiger partial charge in [-0.2, -0.15) is 0 Å². The molecule has 0 radical (unpaired) electrons. The van der Waals surface area contributed by atoms with Gasteiger partial charge < -0.3 is 5.73 Å². The van der Waals surface area contributed by atoms with Crippen LogP contribution in [0.5, 0.6) is 0 Å². The maximum Gasteiger partial charge on any atom is 0.164 e. The summed E-state index contributed by atoms with van der Waals surface area (Å²) in [6, 6.07) is 5.45. The number of nitrogens with two attached hydrogens (primary N) is 1. The fourth-order valence-corrected chi connectivity index (χ4v) is 1.85. The zero-order chi connectivity index (χ0) is 13.1. The third-order valence-electron chi connectivity index (χ3n) is 2.49. The fourth-order valence-electron chi connectivity index (χ4n) is 1.85. The quantitative estimate of drug-likeness (QED) is 0.817. The molecule has 1 aromatic carbocycles. The third-order valence-corrected chi connectivity index (χ3v) is 2.49. The van der Waals surface area contributed by atoms with Crippen LogP contribution in [0.1, 0.15) is 44.0 Å². The van der Waals surface area contributed by atoms with E-state index in [9.17, 15) is 9.18 Å². The topological polar surface area (TPSA) is 43.1 Å². The maximum absolute atomic E-state index is 12.7. The summed E-state index contributed by atoms with van der Waals surface area (Å²) in [4.78, 5) is 11.8. The average molecular weight is 237 g/mol. The van der Waals surface area contributed by atoms with Crippen LogP contribution in [-0.2, 0) is 0 Å². The summed E-state index contributed by atoms with van der Waals surface area (Å²) in [5.41, 5.74) is 6.57. The Morgan fingerprint density at radius 1 is 1.29 bits per heavy atom. The van der Waals surface area contributed by atoms with Gasteiger partial charge in [-0.3, -0.25) is 4.79 Å². The first kappa shape index (κ1) is 13.8. The van der Waals surface area contributed by atoms with Crippen molar-refractivity contribution in [3.63, 3.8) is 0 Å². The summed E-state index contributed by atoms with van der Waals surface area (Å²) in [6.45, 7) is 6.28. The summed E-state index contributed by atoms with van der Waals surface area (Å²) in [7, 11) is 0. The molecule has 0 fully saturated rings. The van der Waals surface area contributed by atoms with E-state index in [-0.39, 0.29) is 23.1 Å². The Morgan fingerprint density at radius 2 is 1.82 bits per heavy atom. The zero-order valence-corrected chi connectivity index (χ0v) is 10.7. The Morgan fingerprint density at radius 3 is 2.29 bits per heavy atom. The first-order valence-corrected chi connectivity index (χ1v) is 5.82. The minimum Gasteiger partial charge on any atom is -0.327 e. The molecule has 0 aliphatic rings. The van der Waals surface area contributed by atoms with E-state index in [2.05, 4.69) is 20.8 Å². The average Bonchev–Trinajstić information content (AvgIpc) is 2.15. The lowest BCUT2D eigenvalue weighted by Crippen LogP contribution is -2.28. The molecule has 3 heteroatoms. The number of hydrogen-bond donors (Lipinski definition) is 1. The van der Waals surface area contributed by atoms with Gasteiger partial charge in [0.05, 0.1) is 0 Å². The second-order valence-corrected chi connectivity index (χ2v) is 5.66. The van der Waals surface area contributed by atoms with Crippen molar-refractivity contribution in [1.29, 1.82) is 0 Å². The molecule has 0 bridgehead atoms. The van der Waals surface area contributed by atoms with Crippen LogP contribution >= 0.6 is 0 Å². The van der Waals surface area contributed by atoms with Crippen LogP contribution in [-0.4, -0.2) is 11.8 Å². The van der Waals surface area contributed by atoms with Gasteiger partial charge in [0.2, 0.25) is 0 Å². The Bertz CT molecular complexity index is 378. The van der Waals surface area contributed by atoms with Gasteiger partial charge in [0.15, 0.2) is 5.78 Å². The van der Waals surface area contributed by atoms with Crippen LogP contribution in [0, 0.1) is 11.2 Å². The van der Waals surface area contributed by atoms with Crippen molar-refractivity contribution in [1.82, 2.24) is 0 Å². The van der Waals surface area contributed by atoms with Gasteiger partial charge in [0.1, 0.15) is 5.82 Å². The highest BCUT2D eigenvalue weighted by Gasteiger charge is 2.18. The molecule has 1 rings (SSSR count). The van der Waals surface area contributed by atoms with E-state index in [4.69, 9.17) is 5.73 Å². The summed E-state index contributed by atoms with van der Waals surface area (Å²) >= 11 is 0. The highest BCUT2D eigenvalue weighted by molar-refractivity contribution is 5.96. The van der Waals surface area contributed by atoms with E-state index in [0.717, 1.165) is 6.42 Å². The van der Waals surface area contributed by atoms with Gasteiger partial charge in [-0.15, -0.1) is 0 Å². The number of hydrogen-bond acceptors (Lipinski definition) is 2. The van der Waals surface area contributed by atoms with Crippen LogP contribution in [0.25, 0.3) is 0 Å². The lowest BCUT2D eigenvalue weighted by atomic mass is 9.86. The number of rotatable bonds is 4. The molecule has 0 spiro atoms. The van der Waals surface area contributed by atoms with E-state index >= 15 is 0 Å². The molecule has 0 amide bonds. The molecule has 2 nitrogen and oxygen atoms in total. The SMILES string of the molecule is CC(C)(C)CC(N)CC(=O)c1ccc(F)cc1. The van der Waals surface area contributed by atoms with E-state index in [1.54, 1.807) is 0 Å². The number of Topliss-reactive ketones (excluding diaryl/α,β-unsaturated/α-hetero) is 1. The Kier molecular flexibility index (Phi) is 4.40. The number of halogens is 1. The summed E-state index contributed by atoms with van der Waals surface area (Å²) in [5, 5.41) is 0. The Hall–Kier alpha value is -1.22. The smallest absolute Gasteiger partial charge is 0.164 e. The van der Waals surface area contributed by atoms with Gasteiger partial charge in [0.25, 0.3) is 0 Å². The van der Waals surface area contributed by atoms with Crippen molar-refractivity contribution in [2.75, 3.05) is 0 Å². The lowest BCUT2D eigenvalue weighted by molar-refractivity contribution is 0.0968. The molecule has 1 atom stereocenters. The molecule has 0 aliphatic carbocycles. The van der Waals surface area contributed by atoms with Gasteiger partial charge in [-0.05, 0) is 36.1 Å². The van der Waals surface area contributed by atoms with Crippen molar-refractivity contribution in [3.05, 3.63) is 35.6 Å². The molecule has 94 valence electrons. The molecular weight excluding hydrogens is 217 g/mol. The van der Waals surface area contributed by atoms with E-state index in [1.165, 1.54) is 24.3 Å². The molecule has 0 saturated carbocycles.